The Labute approximate surface area is 117 Å². The number of hydrogen-bond donors (Lipinski definition) is 2. The molecule has 18 heavy (non-hydrogen) atoms. The lowest BCUT2D eigenvalue weighted by molar-refractivity contribution is -0.119. The molecule has 0 heterocycles. The van der Waals surface area contributed by atoms with Crippen molar-refractivity contribution in [3.63, 3.8) is 0 Å². The molecule has 0 fully saturated rings. The quantitative estimate of drug-likeness (QED) is 0.759. The number of rotatable bonds is 7. The second-order valence-corrected chi connectivity index (χ2v) is 4.44. The molecule has 0 saturated carbocycles. The lowest BCUT2D eigenvalue weighted by Gasteiger charge is -2.09. The van der Waals surface area contributed by atoms with Crippen molar-refractivity contribution in [1.82, 2.24) is 5.32 Å². The van der Waals surface area contributed by atoms with E-state index >= 15 is 0 Å². The number of benzene rings is 1. The van der Waals surface area contributed by atoms with Crippen molar-refractivity contribution in [1.29, 1.82) is 0 Å². The molecule has 0 aliphatic heterocycles. The van der Waals surface area contributed by atoms with E-state index in [1.54, 1.807) is 25.3 Å². The summed E-state index contributed by atoms with van der Waals surface area (Å²) in [5, 5.41) is 6.58. The Morgan fingerprint density at radius 1 is 1.39 bits per heavy atom. The molecule has 0 aliphatic carbocycles. The summed E-state index contributed by atoms with van der Waals surface area (Å²) in [6.07, 6.45) is 0.792. The van der Waals surface area contributed by atoms with Crippen LogP contribution in [0.25, 0.3) is 0 Å². The van der Waals surface area contributed by atoms with E-state index in [1.807, 2.05) is 0 Å². The van der Waals surface area contributed by atoms with Gasteiger partial charge in [0.2, 0.25) is 5.91 Å². The Morgan fingerprint density at radius 3 is 2.89 bits per heavy atom. The van der Waals surface area contributed by atoms with Crippen LogP contribution in [-0.4, -0.2) is 32.7 Å². The zero-order valence-corrected chi connectivity index (χ0v) is 11.6. The van der Waals surface area contributed by atoms with Gasteiger partial charge in [-0.3, -0.25) is 4.79 Å². The molecule has 0 aliphatic rings. The minimum atomic E-state index is -0.0952. The van der Waals surface area contributed by atoms with Crippen LogP contribution in [0.2, 0.25) is 10.0 Å². The maximum atomic E-state index is 11.5. The lowest BCUT2D eigenvalue weighted by atomic mass is 10.3. The van der Waals surface area contributed by atoms with Gasteiger partial charge >= 0.3 is 0 Å². The van der Waals surface area contributed by atoms with Gasteiger partial charge in [0.15, 0.2) is 0 Å². The molecule has 1 aromatic carbocycles. The fourth-order valence-electron chi connectivity index (χ4n) is 1.32. The lowest BCUT2D eigenvalue weighted by Crippen LogP contribution is -2.31. The van der Waals surface area contributed by atoms with E-state index in [-0.39, 0.29) is 12.5 Å². The highest BCUT2D eigenvalue weighted by Gasteiger charge is 2.05. The molecule has 4 nitrogen and oxygen atoms in total. The second-order valence-electron chi connectivity index (χ2n) is 3.65. The smallest absolute Gasteiger partial charge is 0.239 e. The fourth-order valence-corrected chi connectivity index (χ4v) is 1.69. The number of carbonyl (C=O) groups is 1. The van der Waals surface area contributed by atoms with Crippen LogP contribution in [0.15, 0.2) is 18.2 Å². The summed E-state index contributed by atoms with van der Waals surface area (Å²) < 4.78 is 4.88. The first kappa shape index (κ1) is 15.1. The third kappa shape index (κ3) is 5.12. The first-order valence-corrected chi connectivity index (χ1v) is 6.34. The molecule has 100 valence electrons. The van der Waals surface area contributed by atoms with E-state index in [0.29, 0.717) is 28.9 Å². The van der Waals surface area contributed by atoms with Crippen molar-refractivity contribution in [3.05, 3.63) is 28.2 Å². The van der Waals surface area contributed by atoms with E-state index in [1.165, 1.54) is 0 Å². The van der Waals surface area contributed by atoms with Crippen molar-refractivity contribution < 1.29 is 9.53 Å². The van der Waals surface area contributed by atoms with Crippen LogP contribution >= 0.6 is 23.2 Å². The molecule has 1 rings (SSSR count). The van der Waals surface area contributed by atoms with Gasteiger partial charge in [-0.2, -0.15) is 0 Å². The van der Waals surface area contributed by atoms with Crippen LogP contribution in [0.5, 0.6) is 0 Å². The number of ether oxygens (including phenoxy) is 1. The van der Waals surface area contributed by atoms with E-state index < -0.39 is 0 Å². The summed E-state index contributed by atoms with van der Waals surface area (Å²) in [4.78, 5) is 11.5. The minimum Gasteiger partial charge on any atom is -0.385 e. The Bertz CT molecular complexity index is 400. The topological polar surface area (TPSA) is 50.4 Å². The predicted molar refractivity (Wildman–Crippen MR) is 74.5 cm³/mol. The van der Waals surface area contributed by atoms with Gasteiger partial charge in [0.05, 0.1) is 22.3 Å². The molecular weight excluding hydrogens is 275 g/mol. The molecule has 0 aromatic heterocycles. The third-order valence-electron chi connectivity index (χ3n) is 2.24. The average molecular weight is 291 g/mol. The van der Waals surface area contributed by atoms with Gasteiger partial charge in [-0.05, 0) is 18.6 Å². The number of halogens is 2. The molecule has 0 spiro atoms. The zero-order valence-electron chi connectivity index (χ0n) is 10.1. The molecule has 1 amide bonds. The van der Waals surface area contributed by atoms with Crippen molar-refractivity contribution in [2.75, 3.05) is 32.1 Å². The summed E-state index contributed by atoms with van der Waals surface area (Å²) >= 11 is 11.8. The van der Waals surface area contributed by atoms with Crippen LogP contribution in [0.1, 0.15) is 6.42 Å². The Hall–Kier alpha value is -0.970. The average Bonchev–Trinajstić information content (AvgIpc) is 2.36. The van der Waals surface area contributed by atoms with E-state index in [4.69, 9.17) is 27.9 Å². The maximum absolute atomic E-state index is 11.5. The first-order chi connectivity index (χ1) is 8.65. The number of amides is 1. The fraction of sp³-hybridized carbons (Fsp3) is 0.417. The number of carbonyl (C=O) groups excluding carboxylic acids is 1. The summed E-state index contributed by atoms with van der Waals surface area (Å²) in [5.74, 6) is -0.0952. The van der Waals surface area contributed by atoms with Crippen molar-refractivity contribution >= 4 is 34.8 Å². The molecule has 0 saturated heterocycles. The Kier molecular flexibility index (Phi) is 6.86. The minimum absolute atomic E-state index is 0.0952. The zero-order chi connectivity index (χ0) is 13.4. The van der Waals surface area contributed by atoms with Gasteiger partial charge < -0.3 is 15.4 Å². The normalized spacial score (nSPS) is 10.2. The van der Waals surface area contributed by atoms with E-state index in [2.05, 4.69) is 10.6 Å². The molecule has 2 N–H and O–H groups in total. The monoisotopic (exact) mass is 290 g/mol. The summed E-state index contributed by atoms with van der Waals surface area (Å²) in [5.41, 5.74) is 0.649. The van der Waals surface area contributed by atoms with Crippen LogP contribution < -0.4 is 10.6 Å². The second kappa shape index (κ2) is 8.19. The Balaban J connectivity index is 2.32. The molecule has 1 aromatic rings. The number of hydrogen-bond acceptors (Lipinski definition) is 3. The highest BCUT2D eigenvalue weighted by molar-refractivity contribution is 6.43. The molecule has 6 heteroatoms. The Morgan fingerprint density at radius 2 is 2.17 bits per heavy atom. The van der Waals surface area contributed by atoms with Gasteiger partial charge in [-0.1, -0.05) is 29.3 Å². The van der Waals surface area contributed by atoms with Crippen LogP contribution in [-0.2, 0) is 9.53 Å². The summed E-state index contributed by atoms with van der Waals surface area (Å²) in [6.45, 7) is 1.39. The third-order valence-corrected chi connectivity index (χ3v) is 3.06. The molecule has 0 bridgehead atoms. The van der Waals surface area contributed by atoms with Crippen LogP contribution in [0.4, 0.5) is 5.69 Å². The first-order valence-electron chi connectivity index (χ1n) is 5.58. The van der Waals surface area contributed by atoms with Crippen molar-refractivity contribution in [2.45, 2.75) is 6.42 Å². The highest BCUT2D eigenvalue weighted by Crippen LogP contribution is 2.29. The number of methoxy groups -OCH3 is 1. The number of nitrogens with one attached hydrogen (secondary N) is 2. The number of anilines is 1. The summed E-state index contributed by atoms with van der Waals surface area (Å²) in [7, 11) is 1.63. The predicted octanol–water partition coefficient (Wildman–Crippen LogP) is 2.56. The van der Waals surface area contributed by atoms with Crippen LogP contribution in [0.3, 0.4) is 0 Å². The standard InChI is InChI=1S/C12H16Cl2N2O2/c1-18-7-3-6-15-11(17)8-16-10-5-2-4-9(13)12(10)14/h2,4-5,16H,3,6-8H2,1H3,(H,15,17). The van der Waals surface area contributed by atoms with E-state index in [0.717, 1.165) is 6.42 Å². The largest absolute Gasteiger partial charge is 0.385 e. The summed E-state index contributed by atoms with van der Waals surface area (Å²) in [6, 6.07) is 5.24. The maximum Gasteiger partial charge on any atom is 0.239 e. The molecule has 0 atom stereocenters. The molecule has 0 radical (unpaired) electrons. The van der Waals surface area contributed by atoms with Crippen LogP contribution in [0, 0.1) is 0 Å². The van der Waals surface area contributed by atoms with Gasteiger partial charge in [-0.25, -0.2) is 0 Å². The highest BCUT2D eigenvalue weighted by atomic mass is 35.5. The molecule has 0 unspecified atom stereocenters. The molecular formula is C12H16Cl2N2O2. The van der Waals surface area contributed by atoms with Crippen molar-refractivity contribution in [3.8, 4) is 0 Å². The van der Waals surface area contributed by atoms with Gasteiger partial charge in [-0.15, -0.1) is 0 Å². The SMILES string of the molecule is COCCCNC(=O)CNc1cccc(Cl)c1Cl. The van der Waals surface area contributed by atoms with Gasteiger partial charge in [0.1, 0.15) is 0 Å². The van der Waals surface area contributed by atoms with E-state index in [9.17, 15) is 4.79 Å². The van der Waals surface area contributed by atoms with Crippen molar-refractivity contribution in [2.24, 2.45) is 0 Å². The van der Waals surface area contributed by atoms with Gasteiger partial charge in [0.25, 0.3) is 0 Å². The van der Waals surface area contributed by atoms with Gasteiger partial charge in [0, 0.05) is 20.3 Å².